The first kappa shape index (κ1) is 22.8. The van der Waals surface area contributed by atoms with Gasteiger partial charge in [-0.25, -0.2) is 8.42 Å². The van der Waals surface area contributed by atoms with E-state index in [2.05, 4.69) is 4.72 Å². The maximum absolute atomic E-state index is 13.2. The van der Waals surface area contributed by atoms with Crippen LogP contribution in [0, 0.1) is 0 Å². The Labute approximate surface area is 187 Å². The van der Waals surface area contributed by atoms with E-state index in [1.165, 1.54) is 6.07 Å². The number of anilines is 1. The van der Waals surface area contributed by atoms with Crippen molar-refractivity contribution >= 4 is 27.5 Å². The molecule has 0 unspecified atom stereocenters. The number of amides is 2. The van der Waals surface area contributed by atoms with E-state index in [9.17, 15) is 18.0 Å². The fourth-order valence-corrected chi connectivity index (χ4v) is 5.00. The van der Waals surface area contributed by atoms with Gasteiger partial charge >= 0.3 is 0 Å². The average molecular weight is 468 g/mol. The molecule has 1 aromatic carbocycles. The van der Waals surface area contributed by atoms with Crippen LogP contribution in [0.2, 0.25) is 0 Å². The van der Waals surface area contributed by atoms with Crippen LogP contribution in [0.3, 0.4) is 0 Å². The minimum absolute atomic E-state index is 0.0594. The van der Waals surface area contributed by atoms with E-state index >= 15 is 0 Å². The zero-order chi connectivity index (χ0) is 22.9. The third-order valence-electron chi connectivity index (χ3n) is 6.08. The first-order valence-electron chi connectivity index (χ1n) is 10.7. The first-order valence-corrected chi connectivity index (χ1v) is 12.6. The Hall–Kier alpha value is -2.37. The Morgan fingerprint density at radius 2 is 1.97 bits per heavy atom. The van der Waals surface area contributed by atoms with Crippen LogP contribution in [0.5, 0.6) is 5.75 Å². The minimum Gasteiger partial charge on any atom is -0.490 e. The summed E-state index contributed by atoms with van der Waals surface area (Å²) in [5.41, 5.74) is 0.597. The van der Waals surface area contributed by atoms with Crippen LogP contribution >= 0.6 is 0 Å². The smallest absolute Gasteiger partial charge is 0.257 e. The largest absolute Gasteiger partial charge is 0.490 e. The SMILES string of the molecule is CN1C(=O)c2cc(NS(C)(=O)=O)ccc2OC[C@@H]2O[C@H](CC(=O)N3CCOCC3)CC[C@H]21. The molecule has 0 saturated carbocycles. The number of hydrogen-bond acceptors (Lipinski definition) is 7. The molecule has 0 aliphatic carbocycles. The van der Waals surface area contributed by atoms with Gasteiger partial charge in [0.2, 0.25) is 15.9 Å². The molecule has 4 rings (SSSR count). The van der Waals surface area contributed by atoms with E-state index in [-0.39, 0.29) is 36.7 Å². The topological polar surface area (TPSA) is 114 Å². The molecule has 3 atom stereocenters. The van der Waals surface area contributed by atoms with E-state index in [1.54, 1.807) is 24.1 Å². The molecule has 1 aromatic rings. The number of rotatable bonds is 4. The molecule has 3 aliphatic rings. The molecule has 0 bridgehead atoms. The molecule has 11 heteroatoms. The van der Waals surface area contributed by atoms with Crippen LogP contribution in [0.15, 0.2) is 18.2 Å². The van der Waals surface area contributed by atoms with Gasteiger partial charge in [0, 0.05) is 25.8 Å². The Kier molecular flexibility index (Phi) is 6.59. The van der Waals surface area contributed by atoms with Crippen LogP contribution in [0.1, 0.15) is 29.6 Å². The van der Waals surface area contributed by atoms with Crippen LogP contribution in [-0.4, -0.2) is 94.5 Å². The lowest BCUT2D eigenvalue weighted by molar-refractivity contribution is -0.146. The number of likely N-dealkylation sites (N-methyl/N-ethyl adjacent to an activating group) is 1. The summed E-state index contributed by atoms with van der Waals surface area (Å²) in [5.74, 6) is 0.164. The van der Waals surface area contributed by atoms with Crippen LogP contribution in [0.25, 0.3) is 0 Å². The normalized spacial score (nSPS) is 26.3. The Bertz CT molecular complexity index is 978. The van der Waals surface area contributed by atoms with Crippen molar-refractivity contribution in [3.05, 3.63) is 23.8 Å². The maximum Gasteiger partial charge on any atom is 0.257 e. The highest BCUT2D eigenvalue weighted by Gasteiger charge is 2.39. The van der Waals surface area contributed by atoms with Gasteiger partial charge in [0.05, 0.1) is 43.6 Å². The lowest BCUT2D eigenvalue weighted by Gasteiger charge is -2.42. The van der Waals surface area contributed by atoms with Crippen LogP contribution < -0.4 is 9.46 Å². The third kappa shape index (κ3) is 5.16. The van der Waals surface area contributed by atoms with Gasteiger partial charge in [0.25, 0.3) is 5.91 Å². The molecular formula is C21H29N3O7S. The molecule has 10 nitrogen and oxygen atoms in total. The van der Waals surface area contributed by atoms with Gasteiger partial charge in [-0.2, -0.15) is 0 Å². The Morgan fingerprint density at radius 3 is 2.69 bits per heavy atom. The molecule has 0 spiro atoms. The standard InChI is InChI=1S/C21H29N3O7S/c1-23-17-5-4-15(12-20(25)24-7-9-29-10-8-24)31-19(17)13-30-18-6-3-14(22-32(2,27)28)11-16(18)21(23)26/h3,6,11,15,17,19,22H,4-5,7-10,12-13H2,1-2H3/t15-,17+,19-/m0/s1. The fourth-order valence-electron chi connectivity index (χ4n) is 4.44. The Balaban J connectivity index is 1.46. The van der Waals surface area contributed by atoms with Crippen LogP contribution in [-0.2, 0) is 24.3 Å². The van der Waals surface area contributed by atoms with Crippen molar-refractivity contribution in [2.45, 2.75) is 37.5 Å². The molecule has 3 heterocycles. The lowest BCUT2D eigenvalue weighted by Crippen LogP contribution is -2.54. The number of carbonyl (C=O) groups is 2. The van der Waals surface area contributed by atoms with Gasteiger partial charge in [-0.05, 0) is 31.0 Å². The highest BCUT2D eigenvalue weighted by atomic mass is 32.2. The number of nitrogens with one attached hydrogen (secondary N) is 1. The van der Waals surface area contributed by atoms with Gasteiger partial charge in [0.1, 0.15) is 18.5 Å². The summed E-state index contributed by atoms with van der Waals surface area (Å²) < 4.78 is 42.9. The quantitative estimate of drug-likeness (QED) is 0.693. The van der Waals surface area contributed by atoms with Gasteiger partial charge in [-0.3, -0.25) is 14.3 Å². The lowest BCUT2D eigenvalue weighted by atomic mass is 9.94. The second-order valence-corrected chi connectivity index (χ2v) is 10.2. The summed E-state index contributed by atoms with van der Waals surface area (Å²) in [6.07, 6.45) is 2.13. The molecule has 0 radical (unpaired) electrons. The van der Waals surface area contributed by atoms with E-state index < -0.39 is 10.0 Å². The molecule has 2 fully saturated rings. The summed E-state index contributed by atoms with van der Waals surface area (Å²) in [4.78, 5) is 29.2. The summed E-state index contributed by atoms with van der Waals surface area (Å²) >= 11 is 0. The third-order valence-corrected chi connectivity index (χ3v) is 6.69. The number of carbonyl (C=O) groups excluding carboxylic acids is 2. The number of fused-ring (bicyclic) bond motifs is 2. The summed E-state index contributed by atoms with van der Waals surface area (Å²) in [6, 6.07) is 4.43. The number of ether oxygens (including phenoxy) is 3. The summed E-state index contributed by atoms with van der Waals surface area (Å²) in [7, 11) is -1.75. The second-order valence-electron chi connectivity index (χ2n) is 8.45. The minimum atomic E-state index is -3.47. The first-order chi connectivity index (χ1) is 15.2. The van der Waals surface area contributed by atoms with Crippen LogP contribution in [0.4, 0.5) is 5.69 Å². The van der Waals surface area contributed by atoms with Gasteiger partial charge in [0.15, 0.2) is 0 Å². The molecular weight excluding hydrogens is 438 g/mol. The highest BCUT2D eigenvalue weighted by molar-refractivity contribution is 7.92. The molecule has 2 saturated heterocycles. The number of hydrogen-bond donors (Lipinski definition) is 1. The Morgan fingerprint density at radius 1 is 1.22 bits per heavy atom. The predicted octanol–water partition coefficient (Wildman–Crippen LogP) is 0.688. The number of sulfonamides is 1. The van der Waals surface area contributed by atoms with Crippen molar-refractivity contribution in [1.82, 2.24) is 9.80 Å². The molecule has 3 aliphatic heterocycles. The number of morpholine rings is 1. The predicted molar refractivity (Wildman–Crippen MR) is 116 cm³/mol. The van der Waals surface area contributed by atoms with Gasteiger partial charge < -0.3 is 24.0 Å². The fraction of sp³-hybridized carbons (Fsp3) is 0.619. The number of nitrogens with zero attached hydrogens (tertiary/aromatic N) is 2. The molecule has 0 aromatic heterocycles. The van der Waals surface area contributed by atoms with Crippen molar-refractivity contribution in [3.63, 3.8) is 0 Å². The molecule has 32 heavy (non-hydrogen) atoms. The molecule has 1 N–H and O–H groups in total. The van der Waals surface area contributed by atoms with Crippen molar-refractivity contribution in [2.24, 2.45) is 0 Å². The van der Waals surface area contributed by atoms with E-state index in [0.717, 1.165) is 6.26 Å². The van der Waals surface area contributed by atoms with E-state index in [1.807, 2.05) is 4.90 Å². The van der Waals surface area contributed by atoms with Crippen molar-refractivity contribution < 1.29 is 32.2 Å². The molecule has 2 amide bonds. The maximum atomic E-state index is 13.2. The highest BCUT2D eigenvalue weighted by Crippen LogP contribution is 2.32. The van der Waals surface area contributed by atoms with Crippen molar-refractivity contribution in [2.75, 3.05) is 50.9 Å². The average Bonchev–Trinajstić information content (AvgIpc) is 2.76. The van der Waals surface area contributed by atoms with Crippen molar-refractivity contribution in [3.8, 4) is 5.75 Å². The zero-order valence-corrected chi connectivity index (χ0v) is 19.1. The summed E-state index contributed by atoms with van der Waals surface area (Å²) in [5, 5.41) is 0. The van der Waals surface area contributed by atoms with Crippen molar-refractivity contribution in [1.29, 1.82) is 0 Å². The summed E-state index contributed by atoms with van der Waals surface area (Å²) in [6.45, 7) is 2.55. The second kappa shape index (κ2) is 9.24. The van der Waals surface area contributed by atoms with E-state index in [0.29, 0.717) is 62.6 Å². The zero-order valence-electron chi connectivity index (χ0n) is 18.3. The monoisotopic (exact) mass is 467 g/mol. The van der Waals surface area contributed by atoms with Gasteiger partial charge in [-0.15, -0.1) is 0 Å². The molecule has 176 valence electrons. The van der Waals surface area contributed by atoms with E-state index in [4.69, 9.17) is 14.2 Å². The van der Waals surface area contributed by atoms with Gasteiger partial charge in [-0.1, -0.05) is 0 Å². The number of benzene rings is 1.